The Morgan fingerprint density at radius 3 is 2.55 bits per heavy atom. The molecule has 1 aromatic heterocycles. The highest BCUT2D eigenvalue weighted by molar-refractivity contribution is 14.1. The van der Waals surface area contributed by atoms with Crippen LogP contribution in [0.3, 0.4) is 0 Å². The third-order valence-corrected chi connectivity index (χ3v) is 7.42. The summed E-state index contributed by atoms with van der Waals surface area (Å²) in [6.07, 6.45) is 0.621. The van der Waals surface area contributed by atoms with Crippen molar-refractivity contribution in [1.82, 2.24) is 0 Å². The maximum atomic E-state index is 13.6. The molecule has 3 aromatic carbocycles. The number of benzene rings is 3. The van der Waals surface area contributed by atoms with Crippen LogP contribution in [-0.2, 0) is 31.4 Å². The van der Waals surface area contributed by atoms with Crippen LogP contribution in [0, 0.1) is 12.7 Å². The zero-order valence-corrected chi connectivity index (χ0v) is 25.7. The number of carbonyl (C=O) groups is 2. The summed E-state index contributed by atoms with van der Waals surface area (Å²) in [4.78, 5) is 38.0. The Morgan fingerprint density at radius 2 is 1.84 bits per heavy atom. The molecule has 1 amide bonds. The molecule has 0 aliphatic rings. The number of carbonyl (C=O) groups excluding carboxylic acids is 2. The van der Waals surface area contributed by atoms with Gasteiger partial charge in [-0.15, -0.1) is 0 Å². The molecule has 0 fully saturated rings. The molecule has 0 aliphatic heterocycles. The highest BCUT2D eigenvalue weighted by Crippen LogP contribution is 2.36. The standard InChI is InChI=1S/C33H26F4INO5/c1-3-43-30(41)10-5-4-7-20-8-6-9-21(14-20)31-24-13-19(2)22(18-38)15-28(24)44-32(42)25(31)17-29(40)39-27-12-11-23(34)16-26(27)33(35,36)37/h4-16H,3,17-18H2,1-2H3,(H,39,40)/b7-4+,10-5+. The lowest BCUT2D eigenvalue weighted by atomic mass is 9.92. The Bertz CT molecular complexity index is 1840. The predicted molar refractivity (Wildman–Crippen MR) is 169 cm³/mol. The van der Waals surface area contributed by atoms with Gasteiger partial charge in [-0.1, -0.05) is 59.0 Å². The first-order valence-electron chi connectivity index (χ1n) is 13.3. The summed E-state index contributed by atoms with van der Waals surface area (Å²) in [6.45, 7) is 3.85. The van der Waals surface area contributed by atoms with Gasteiger partial charge in [-0.05, 0) is 72.5 Å². The summed E-state index contributed by atoms with van der Waals surface area (Å²) >= 11 is 2.19. The van der Waals surface area contributed by atoms with Crippen LogP contribution in [0.4, 0.5) is 23.2 Å². The van der Waals surface area contributed by atoms with Crippen molar-refractivity contribution in [3.63, 3.8) is 0 Å². The molecular formula is C33H26F4INO5. The first-order valence-corrected chi connectivity index (χ1v) is 14.9. The molecule has 1 N–H and O–H groups in total. The zero-order valence-electron chi connectivity index (χ0n) is 23.6. The number of aryl methyl sites for hydroxylation is 1. The molecule has 44 heavy (non-hydrogen) atoms. The van der Waals surface area contributed by atoms with Crippen LogP contribution < -0.4 is 10.9 Å². The van der Waals surface area contributed by atoms with Gasteiger partial charge >= 0.3 is 17.8 Å². The number of hydrogen-bond acceptors (Lipinski definition) is 5. The van der Waals surface area contributed by atoms with Gasteiger partial charge in [0, 0.05) is 21.5 Å². The number of ether oxygens (including phenoxy) is 1. The number of fused-ring (bicyclic) bond motifs is 1. The third kappa shape index (κ3) is 7.81. The van der Waals surface area contributed by atoms with E-state index < -0.39 is 47.2 Å². The van der Waals surface area contributed by atoms with Gasteiger partial charge in [0.25, 0.3) is 0 Å². The molecule has 11 heteroatoms. The highest BCUT2D eigenvalue weighted by atomic mass is 127. The molecule has 0 radical (unpaired) electrons. The zero-order chi connectivity index (χ0) is 32.0. The molecule has 0 aliphatic carbocycles. The van der Waals surface area contributed by atoms with E-state index in [1.165, 1.54) is 12.2 Å². The lowest BCUT2D eigenvalue weighted by molar-refractivity contribution is -0.138. The number of amides is 1. The minimum atomic E-state index is -4.93. The Morgan fingerprint density at radius 1 is 1.07 bits per heavy atom. The van der Waals surface area contributed by atoms with E-state index in [9.17, 15) is 31.9 Å². The fourth-order valence-electron chi connectivity index (χ4n) is 4.57. The van der Waals surface area contributed by atoms with E-state index in [0.29, 0.717) is 38.2 Å². The average Bonchev–Trinajstić information content (AvgIpc) is 2.96. The average molecular weight is 719 g/mol. The van der Waals surface area contributed by atoms with Crippen molar-refractivity contribution in [2.45, 2.75) is 30.9 Å². The van der Waals surface area contributed by atoms with Crippen LogP contribution >= 0.6 is 22.6 Å². The van der Waals surface area contributed by atoms with Crippen molar-refractivity contribution in [3.05, 3.63) is 117 Å². The molecule has 0 spiro atoms. The lowest BCUT2D eigenvalue weighted by Crippen LogP contribution is -2.22. The Balaban J connectivity index is 1.80. The summed E-state index contributed by atoms with van der Waals surface area (Å²) in [5.74, 6) is -2.52. The van der Waals surface area contributed by atoms with Crippen molar-refractivity contribution in [3.8, 4) is 11.1 Å². The topological polar surface area (TPSA) is 85.6 Å². The minimum absolute atomic E-state index is 0.0596. The summed E-state index contributed by atoms with van der Waals surface area (Å²) < 4.78 is 65.3. The van der Waals surface area contributed by atoms with Gasteiger partial charge in [0.2, 0.25) is 5.91 Å². The van der Waals surface area contributed by atoms with Crippen molar-refractivity contribution in [2.75, 3.05) is 11.9 Å². The summed E-state index contributed by atoms with van der Waals surface area (Å²) in [5, 5.41) is 2.72. The quantitative estimate of drug-likeness (QED) is 0.0359. The van der Waals surface area contributed by atoms with Crippen LogP contribution in [0.25, 0.3) is 28.2 Å². The second kappa shape index (κ2) is 14.0. The molecule has 4 aromatic rings. The Hall–Kier alpha value is -4.26. The first-order chi connectivity index (χ1) is 20.9. The Kier molecular flexibility index (Phi) is 10.4. The van der Waals surface area contributed by atoms with Crippen molar-refractivity contribution in [1.29, 1.82) is 0 Å². The molecule has 0 saturated carbocycles. The van der Waals surface area contributed by atoms with Crippen molar-refractivity contribution < 1.29 is 36.3 Å². The molecule has 1 heterocycles. The Labute approximate surface area is 263 Å². The first kappa shape index (κ1) is 32.6. The molecule has 228 valence electrons. The second-order valence-electron chi connectivity index (χ2n) is 9.66. The van der Waals surface area contributed by atoms with E-state index in [0.717, 1.165) is 23.3 Å². The fourth-order valence-corrected chi connectivity index (χ4v) is 5.40. The van der Waals surface area contributed by atoms with Gasteiger partial charge in [0.15, 0.2) is 0 Å². The number of rotatable bonds is 9. The van der Waals surface area contributed by atoms with Gasteiger partial charge in [0.1, 0.15) is 11.4 Å². The number of halogens is 5. The number of esters is 1. The summed E-state index contributed by atoms with van der Waals surface area (Å²) in [6, 6.07) is 12.6. The lowest BCUT2D eigenvalue weighted by Gasteiger charge is -2.16. The van der Waals surface area contributed by atoms with E-state index in [1.54, 1.807) is 49.4 Å². The second-order valence-corrected chi connectivity index (χ2v) is 10.4. The number of anilines is 1. The monoisotopic (exact) mass is 719 g/mol. The third-order valence-electron chi connectivity index (χ3n) is 6.59. The largest absolute Gasteiger partial charge is 0.463 e. The normalized spacial score (nSPS) is 11.9. The van der Waals surface area contributed by atoms with E-state index in [-0.39, 0.29) is 12.2 Å². The van der Waals surface area contributed by atoms with Gasteiger partial charge in [-0.2, -0.15) is 13.2 Å². The van der Waals surface area contributed by atoms with Crippen molar-refractivity contribution >= 4 is 57.2 Å². The fraction of sp³-hybridized carbons (Fsp3) is 0.182. The van der Waals surface area contributed by atoms with Crippen LogP contribution in [0.1, 0.15) is 34.7 Å². The predicted octanol–water partition coefficient (Wildman–Crippen LogP) is 8.18. The molecule has 0 saturated heterocycles. The molecule has 0 unspecified atom stereocenters. The highest BCUT2D eigenvalue weighted by Gasteiger charge is 2.34. The number of alkyl halides is 4. The minimum Gasteiger partial charge on any atom is -0.463 e. The van der Waals surface area contributed by atoms with Crippen LogP contribution in [0.5, 0.6) is 0 Å². The molecule has 6 nitrogen and oxygen atoms in total. The van der Waals surface area contributed by atoms with Gasteiger partial charge in [-0.3, -0.25) is 4.79 Å². The van der Waals surface area contributed by atoms with Crippen molar-refractivity contribution in [2.24, 2.45) is 0 Å². The summed E-state index contributed by atoms with van der Waals surface area (Å²) in [5.41, 5.74) is 0.935. The summed E-state index contributed by atoms with van der Waals surface area (Å²) in [7, 11) is 0. The number of allylic oxidation sites excluding steroid dienone is 2. The molecular weight excluding hydrogens is 693 g/mol. The maximum absolute atomic E-state index is 13.6. The molecule has 4 rings (SSSR count). The van der Waals surface area contributed by atoms with E-state index in [4.69, 9.17) is 9.15 Å². The van der Waals surface area contributed by atoms with E-state index in [2.05, 4.69) is 27.9 Å². The SMILES string of the molecule is CCOC(=O)/C=C/C=C/c1cccc(-c2c(CC(=O)Nc3ccc(F)cc3C(F)(F)F)c(=O)oc3cc(CI)c(C)cc23)c1. The number of nitrogens with one attached hydrogen (secondary N) is 1. The van der Waals surface area contributed by atoms with Crippen LogP contribution in [0.15, 0.2) is 82.0 Å². The molecule has 0 bridgehead atoms. The van der Waals surface area contributed by atoms with E-state index in [1.807, 2.05) is 13.0 Å². The van der Waals surface area contributed by atoms with Gasteiger partial charge in [0.05, 0.1) is 29.8 Å². The van der Waals surface area contributed by atoms with Crippen LogP contribution in [-0.4, -0.2) is 18.5 Å². The van der Waals surface area contributed by atoms with Gasteiger partial charge < -0.3 is 14.5 Å². The number of hydrogen-bond donors (Lipinski definition) is 1. The van der Waals surface area contributed by atoms with E-state index >= 15 is 0 Å². The molecule has 0 atom stereocenters. The van der Waals surface area contributed by atoms with Crippen LogP contribution in [0.2, 0.25) is 0 Å². The maximum Gasteiger partial charge on any atom is 0.418 e. The van der Waals surface area contributed by atoms with Gasteiger partial charge in [-0.25, -0.2) is 14.0 Å². The smallest absolute Gasteiger partial charge is 0.418 e.